The van der Waals surface area contributed by atoms with Gasteiger partial charge in [0.15, 0.2) is 0 Å². The van der Waals surface area contributed by atoms with Crippen LogP contribution < -0.4 is 0 Å². The van der Waals surface area contributed by atoms with Gasteiger partial charge in [-0.15, -0.1) is 0 Å². The van der Waals surface area contributed by atoms with Gasteiger partial charge in [0.2, 0.25) is 10.0 Å². The van der Waals surface area contributed by atoms with Crippen LogP contribution in [0.25, 0.3) is 0 Å². The van der Waals surface area contributed by atoms with Crippen molar-refractivity contribution in [2.75, 3.05) is 32.7 Å². The highest BCUT2D eigenvalue weighted by molar-refractivity contribution is 7.89. The molecule has 4 nitrogen and oxygen atoms in total. The van der Waals surface area contributed by atoms with Crippen molar-refractivity contribution in [1.82, 2.24) is 9.21 Å². The Balaban J connectivity index is 1.60. The summed E-state index contributed by atoms with van der Waals surface area (Å²) in [6.07, 6.45) is 0.921. The third-order valence-corrected chi connectivity index (χ3v) is 7.17. The van der Waals surface area contributed by atoms with E-state index in [2.05, 4.69) is 11.0 Å². The molecule has 0 aromatic heterocycles. The Labute approximate surface area is 161 Å². The van der Waals surface area contributed by atoms with Crippen LogP contribution in [-0.2, 0) is 16.4 Å². The molecule has 0 spiro atoms. The molecule has 3 rings (SSSR count). The van der Waals surface area contributed by atoms with Gasteiger partial charge in [-0.1, -0.05) is 35.9 Å². The van der Waals surface area contributed by atoms with Crippen LogP contribution >= 0.6 is 11.6 Å². The molecule has 1 heterocycles. The molecule has 2 aromatic rings. The first-order valence-corrected chi connectivity index (χ1v) is 10.7. The zero-order chi connectivity index (χ0) is 18.7. The minimum Gasteiger partial charge on any atom is -0.300 e. The van der Waals surface area contributed by atoms with Crippen molar-refractivity contribution in [3.63, 3.8) is 0 Å². The van der Waals surface area contributed by atoms with Gasteiger partial charge >= 0.3 is 0 Å². The summed E-state index contributed by atoms with van der Waals surface area (Å²) < 4.78 is 27.6. The van der Waals surface area contributed by atoms with Crippen LogP contribution in [0.5, 0.6) is 0 Å². The number of hydrogen-bond acceptors (Lipinski definition) is 3. The number of hydrogen-bond donors (Lipinski definition) is 0. The number of piperazine rings is 1. The van der Waals surface area contributed by atoms with Crippen LogP contribution in [-0.4, -0.2) is 50.3 Å². The average Bonchev–Trinajstić information content (AvgIpc) is 2.62. The first-order valence-electron chi connectivity index (χ1n) is 8.90. The molecule has 1 fully saturated rings. The van der Waals surface area contributed by atoms with Crippen LogP contribution in [0.4, 0.5) is 0 Å². The smallest absolute Gasteiger partial charge is 0.243 e. The summed E-state index contributed by atoms with van der Waals surface area (Å²) in [7, 11) is -3.42. The maximum atomic E-state index is 13.0. The molecule has 0 aliphatic carbocycles. The topological polar surface area (TPSA) is 40.6 Å². The molecule has 0 unspecified atom stereocenters. The third-order valence-electron chi connectivity index (χ3n) is 4.90. The van der Waals surface area contributed by atoms with Gasteiger partial charge in [0, 0.05) is 37.7 Å². The van der Waals surface area contributed by atoms with E-state index in [0.29, 0.717) is 18.0 Å². The summed E-state index contributed by atoms with van der Waals surface area (Å²) in [5.41, 5.74) is 2.98. The summed E-state index contributed by atoms with van der Waals surface area (Å²) in [5.74, 6) is 0. The van der Waals surface area contributed by atoms with Gasteiger partial charge < -0.3 is 4.90 Å². The second kappa shape index (κ2) is 8.09. The predicted octanol–water partition coefficient (Wildman–Crippen LogP) is 3.51. The van der Waals surface area contributed by atoms with E-state index in [4.69, 9.17) is 11.6 Å². The number of sulfonamides is 1. The highest BCUT2D eigenvalue weighted by atomic mass is 35.5. The Bertz CT molecular complexity index is 875. The fourth-order valence-corrected chi connectivity index (χ4v) is 5.24. The van der Waals surface area contributed by atoms with Gasteiger partial charge in [-0.2, -0.15) is 4.31 Å². The number of nitrogens with zero attached hydrogens (tertiary/aromatic N) is 2. The lowest BCUT2D eigenvalue weighted by Crippen LogP contribution is -2.49. The highest BCUT2D eigenvalue weighted by Crippen LogP contribution is 2.22. The minimum absolute atomic E-state index is 0.435. The molecule has 0 atom stereocenters. The number of benzene rings is 2. The van der Waals surface area contributed by atoms with E-state index < -0.39 is 10.0 Å². The Hall–Kier alpha value is -1.40. The number of halogens is 1. The highest BCUT2D eigenvalue weighted by Gasteiger charge is 2.29. The van der Waals surface area contributed by atoms with Crippen LogP contribution in [0.2, 0.25) is 5.02 Å². The maximum absolute atomic E-state index is 13.0. The van der Waals surface area contributed by atoms with E-state index in [1.165, 1.54) is 5.56 Å². The molecule has 0 saturated carbocycles. The molecule has 2 aromatic carbocycles. The molecule has 1 saturated heterocycles. The van der Waals surface area contributed by atoms with Crippen LogP contribution in [0.3, 0.4) is 0 Å². The molecule has 0 bridgehead atoms. The lowest BCUT2D eigenvalue weighted by Gasteiger charge is -2.34. The largest absolute Gasteiger partial charge is 0.300 e. The second-order valence-electron chi connectivity index (χ2n) is 6.89. The standard InChI is InChI=1S/C20H25ClN2O2S/c1-16-6-7-17(2)20(14-16)26(24,25)23-12-10-22(11-13-23)9-8-18-4-3-5-19(21)15-18/h3-7,14-15H,8-13H2,1-2H3. The van der Waals surface area contributed by atoms with E-state index in [-0.39, 0.29) is 0 Å². The molecule has 0 amide bonds. The van der Waals surface area contributed by atoms with E-state index >= 15 is 0 Å². The van der Waals surface area contributed by atoms with Crippen LogP contribution in [0.15, 0.2) is 47.4 Å². The second-order valence-corrected chi connectivity index (χ2v) is 9.24. The van der Waals surface area contributed by atoms with Crippen molar-refractivity contribution in [1.29, 1.82) is 0 Å². The molecule has 0 radical (unpaired) electrons. The number of aryl methyl sites for hydroxylation is 2. The van der Waals surface area contributed by atoms with E-state index in [0.717, 1.165) is 42.2 Å². The number of rotatable bonds is 5. The molecule has 0 N–H and O–H groups in total. The Kier molecular flexibility index (Phi) is 6.03. The summed E-state index contributed by atoms with van der Waals surface area (Å²) in [4.78, 5) is 2.75. The lowest BCUT2D eigenvalue weighted by atomic mass is 10.1. The van der Waals surface area contributed by atoms with Crippen molar-refractivity contribution >= 4 is 21.6 Å². The minimum atomic E-state index is -3.42. The molecular formula is C20H25ClN2O2S. The zero-order valence-electron chi connectivity index (χ0n) is 15.3. The van der Waals surface area contributed by atoms with Crippen molar-refractivity contribution in [3.8, 4) is 0 Å². The van der Waals surface area contributed by atoms with Crippen molar-refractivity contribution in [2.24, 2.45) is 0 Å². The third kappa shape index (κ3) is 4.46. The summed E-state index contributed by atoms with van der Waals surface area (Å²) >= 11 is 6.03. The van der Waals surface area contributed by atoms with Gasteiger partial charge in [-0.05, 0) is 55.2 Å². The molecular weight excluding hydrogens is 368 g/mol. The van der Waals surface area contributed by atoms with Gasteiger partial charge in [-0.25, -0.2) is 8.42 Å². The van der Waals surface area contributed by atoms with Crippen molar-refractivity contribution < 1.29 is 8.42 Å². The predicted molar refractivity (Wildman–Crippen MR) is 106 cm³/mol. The van der Waals surface area contributed by atoms with Crippen LogP contribution in [0.1, 0.15) is 16.7 Å². The molecule has 26 heavy (non-hydrogen) atoms. The van der Waals surface area contributed by atoms with Gasteiger partial charge in [0.05, 0.1) is 4.90 Å². The normalized spacial score (nSPS) is 16.7. The van der Waals surface area contributed by atoms with Gasteiger partial charge in [-0.3, -0.25) is 0 Å². The Morgan fingerprint density at radius 3 is 2.42 bits per heavy atom. The quantitative estimate of drug-likeness (QED) is 0.781. The lowest BCUT2D eigenvalue weighted by molar-refractivity contribution is 0.190. The van der Waals surface area contributed by atoms with E-state index in [1.807, 2.05) is 44.2 Å². The Morgan fingerprint density at radius 2 is 1.73 bits per heavy atom. The fraction of sp³-hybridized carbons (Fsp3) is 0.400. The van der Waals surface area contributed by atoms with Crippen LogP contribution in [0, 0.1) is 13.8 Å². The SMILES string of the molecule is Cc1ccc(C)c(S(=O)(=O)N2CCN(CCc3cccc(Cl)c3)CC2)c1. The summed E-state index contributed by atoms with van der Waals surface area (Å²) in [6, 6.07) is 13.5. The molecule has 140 valence electrons. The zero-order valence-corrected chi connectivity index (χ0v) is 16.9. The molecule has 6 heteroatoms. The Morgan fingerprint density at radius 1 is 1.00 bits per heavy atom. The van der Waals surface area contributed by atoms with Crippen molar-refractivity contribution in [3.05, 3.63) is 64.2 Å². The maximum Gasteiger partial charge on any atom is 0.243 e. The van der Waals surface area contributed by atoms with E-state index in [1.54, 1.807) is 10.4 Å². The van der Waals surface area contributed by atoms with Crippen molar-refractivity contribution in [2.45, 2.75) is 25.2 Å². The molecule has 1 aliphatic heterocycles. The van der Waals surface area contributed by atoms with E-state index in [9.17, 15) is 8.42 Å². The average molecular weight is 393 g/mol. The fourth-order valence-electron chi connectivity index (χ4n) is 3.30. The van der Waals surface area contributed by atoms with Gasteiger partial charge in [0.1, 0.15) is 0 Å². The monoisotopic (exact) mass is 392 g/mol. The first kappa shape index (κ1) is 19.4. The summed E-state index contributed by atoms with van der Waals surface area (Å²) in [6.45, 7) is 7.27. The molecule has 1 aliphatic rings. The first-order chi connectivity index (χ1) is 12.4. The summed E-state index contributed by atoms with van der Waals surface area (Å²) in [5, 5.41) is 0.756. The van der Waals surface area contributed by atoms with Gasteiger partial charge in [0.25, 0.3) is 0 Å².